The molecule has 174 valence electrons. The third-order valence-corrected chi connectivity index (χ3v) is 8.67. The molecule has 6 rings (SSSR count). The topological polar surface area (TPSA) is 76.7 Å². The van der Waals surface area contributed by atoms with Gasteiger partial charge in [0, 0.05) is 42.8 Å². The molecule has 3 atom stereocenters. The molecule has 3 amide bonds. The van der Waals surface area contributed by atoms with Crippen molar-refractivity contribution in [2.24, 2.45) is 11.8 Å². The van der Waals surface area contributed by atoms with Gasteiger partial charge in [0.2, 0.25) is 18.2 Å². The SMILES string of the molecule is O=CN1CCc2c([nH]c3ccccc23)C12CCN(CCCN1C(=O)C3CCCCC3C1=O)C2. The van der Waals surface area contributed by atoms with Crippen LogP contribution in [0.25, 0.3) is 10.9 Å². The van der Waals surface area contributed by atoms with Gasteiger partial charge in [-0.1, -0.05) is 31.0 Å². The summed E-state index contributed by atoms with van der Waals surface area (Å²) in [4.78, 5) is 47.2. The lowest BCUT2D eigenvalue weighted by atomic mass is 9.81. The molecule has 1 N–H and O–H groups in total. The highest BCUT2D eigenvalue weighted by Gasteiger charge is 2.50. The molecular weight excluding hydrogens is 416 g/mol. The first-order valence-electron chi connectivity index (χ1n) is 12.5. The number of nitrogens with zero attached hydrogens (tertiary/aromatic N) is 3. The molecule has 3 unspecified atom stereocenters. The van der Waals surface area contributed by atoms with Gasteiger partial charge in [-0.05, 0) is 50.3 Å². The van der Waals surface area contributed by atoms with E-state index in [1.54, 1.807) is 4.90 Å². The van der Waals surface area contributed by atoms with Crippen molar-refractivity contribution in [1.29, 1.82) is 0 Å². The summed E-state index contributed by atoms with van der Waals surface area (Å²) in [6, 6.07) is 8.41. The number of aromatic amines is 1. The van der Waals surface area contributed by atoms with Crippen molar-refractivity contribution in [2.45, 2.75) is 50.5 Å². The van der Waals surface area contributed by atoms with Crippen LogP contribution in [-0.4, -0.2) is 70.6 Å². The molecule has 1 spiro atoms. The van der Waals surface area contributed by atoms with Crippen LogP contribution >= 0.6 is 0 Å². The van der Waals surface area contributed by atoms with Gasteiger partial charge in [-0.15, -0.1) is 0 Å². The van der Waals surface area contributed by atoms with E-state index in [4.69, 9.17) is 0 Å². The number of fused-ring (bicyclic) bond motifs is 5. The van der Waals surface area contributed by atoms with E-state index in [1.165, 1.54) is 16.6 Å². The summed E-state index contributed by atoms with van der Waals surface area (Å²) in [6.45, 7) is 3.79. The minimum absolute atomic E-state index is 0.0599. The average Bonchev–Trinajstić information content (AvgIpc) is 3.50. The molecule has 1 saturated carbocycles. The molecule has 0 bridgehead atoms. The molecule has 4 heterocycles. The van der Waals surface area contributed by atoms with Gasteiger partial charge >= 0.3 is 0 Å². The van der Waals surface area contributed by atoms with Crippen molar-refractivity contribution in [1.82, 2.24) is 19.7 Å². The highest BCUT2D eigenvalue weighted by molar-refractivity contribution is 6.05. The van der Waals surface area contributed by atoms with Crippen LogP contribution in [-0.2, 0) is 26.3 Å². The average molecular weight is 449 g/mol. The molecule has 1 aliphatic carbocycles. The van der Waals surface area contributed by atoms with Crippen molar-refractivity contribution in [3.05, 3.63) is 35.5 Å². The highest BCUT2D eigenvalue weighted by Crippen LogP contribution is 2.44. The van der Waals surface area contributed by atoms with E-state index in [1.807, 2.05) is 11.0 Å². The molecule has 1 aromatic heterocycles. The number of hydrogen-bond donors (Lipinski definition) is 1. The molecule has 1 aromatic carbocycles. The lowest BCUT2D eigenvalue weighted by Gasteiger charge is -2.42. The van der Waals surface area contributed by atoms with E-state index in [0.717, 1.165) is 83.1 Å². The zero-order chi connectivity index (χ0) is 22.6. The van der Waals surface area contributed by atoms with Crippen molar-refractivity contribution in [3.8, 4) is 0 Å². The number of imide groups is 1. The van der Waals surface area contributed by atoms with Crippen LogP contribution < -0.4 is 0 Å². The first kappa shape index (κ1) is 20.9. The number of benzene rings is 1. The Bertz CT molecular complexity index is 1090. The number of nitrogens with one attached hydrogen (secondary N) is 1. The Morgan fingerprint density at radius 1 is 1.03 bits per heavy atom. The second kappa shape index (κ2) is 7.97. The van der Waals surface area contributed by atoms with Gasteiger partial charge in [0.25, 0.3) is 0 Å². The Hall–Kier alpha value is -2.67. The maximum absolute atomic E-state index is 12.8. The molecule has 3 fully saturated rings. The first-order valence-corrected chi connectivity index (χ1v) is 12.5. The predicted octanol–water partition coefficient (Wildman–Crippen LogP) is 2.65. The monoisotopic (exact) mass is 448 g/mol. The zero-order valence-corrected chi connectivity index (χ0v) is 19.1. The van der Waals surface area contributed by atoms with Crippen LogP contribution in [0.5, 0.6) is 0 Å². The van der Waals surface area contributed by atoms with Crippen molar-refractivity contribution >= 4 is 29.1 Å². The largest absolute Gasteiger partial charge is 0.356 e. The highest BCUT2D eigenvalue weighted by atomic mass is 16.2. The number of H-pyrrole nitrogens is 1. The second-order valence-electron chi connectivity index (χ2n) is 10.3. The number of hydrogen-bond acceptors (Lipinski definition) is 4. The van der Waals surface area contributed by atoms with Gasteiger partial charge in [-0.3, -0.25) is 19.3 Å². The Morgan fingerprint density at radius 2 is 1.79 bits per heavy atom. The van der Waals surface area contributed by atoms with Crippen molar-refractivity contribution in [3.63, 3.8) is 0 Å². The Morgan fingerprint density at radius 3 is 2.55 bits per heavy atom. The van der Waals surface area contributed by atoms with Crippen LogP contribution in [0.3, 0.4) is 0 Å². The van der Waals surface area contributed by atoms with Gasteiger partial charge in [-0.25, -0.2) is 0 Å². The van der Waals surface area contributed by atoms with Gasteiger partial charge < -0.3 is 14.8 Å². The lowest BCUT2D eigenvalue weighted by molar-refractivity contribution is -0.140. The minimum Gasteiger partial charge on any atom is -0.356 e. The number of carbonyl (C=O) groups is 3. The molecule has 4 aliphatic rings. The fraction of sp³-hybridized carbons (Fsp3) is 0.577. The number of carbonyl (C=O) groups excluding carboxylic acids is 3. The Labute approximate surface area is 194 Å². The van der Waals surface area contributed by atoms with Crippen molar-refractivity contribution in [2.75, 3.05) is 32.7 Å². The predicted molar refractivity (Wildman–Crippen MR) is 124 cm³/mol. The smallest absolute Gasteiger partial charge is 0.233 e. The lowest BCUT2D eigenvalue weighted by Crippen LogP contribution is -2.51. The Balaban J connectivity index is 1.16. The zero-order valence-electron chi connectivity index (χ0n) is 19.1. The third-order valence-electron chi connectivity index (χ3n) is 8.67. The van der Waals surface area contributed by atoms with Gasteiger partial charge in [0.05, 0.1) is 17.4 Å². The minimum atomic E-state index is -0.317. The molecule has 7 nitrogen and oxygen atoms in total. The molecule has 2 saturated heterocycles. The molecule has 0 radical (unpaired) electrons. The van der Waals surface area contributed by atoms with Gasteiger partial charge in [0.1, 0.15) is 0 Å². The maximum atomic E-state index is 12.8. The first-order chi connectivity index (χ1) is 16.1. The molecule has 7 heteroatoms. The summed E-state index contributed by atoms with van der Waals surface area (Å²) >= 11 is 0. The van der Waals surface area contributed by atoms with E-state index in [2.05, 4.69) is 28.1 Å². The normalized spacial score (nSPS) is 29.8. The number of para-hydroxylation sites is 1. The summed E-state index contributed by atoms with van der Waals surface area (Å²) in [5, 5.41) is 1.27. The van der Waals surface area contributed by atoms with Gasteiger partial charge in [0.15, 0.2) is 0 Å². The maximum Gasteiger partial charge on any atom is 0.233 e. The van der Waals surface area contributed by atoms with Crippen molar-refractivity contribution < 1.29 is 14.4 Å². The van der Waals surface area contributed by atoms with E-state index >= 15 is 0 Å². The molecular formula is C26H32N4O3. The van der Waals surface area contributed by atoms with E-state index in [0.29, 0.717) is 6.54 Å². The third kappa shape index (κ3) is 3.15. The van der Waals surface area contributed by atoms with Gasteiger partial charge in [-0.2, -0.15) is 0 Å². The van der Waals surface area contributed by atoms with E-state index < -0.39 is 0 Å². The summed E-state index contributed by atoms with van der Waals surface area (Å²) in [5.41, 5.74) is 3.36. The quantitative estimate of drug-likeness (QED) is 0.564. The molecule has 33 heavy (non-hydrogen) atoms. The summed E-state index contributed by atoms with van der Waals surface area (Å²) < 4.78 is 0. The van der Waals surface area contributed by atoms with Crippen LogP contribution in [0.4, 0.5) is 0 Å². The summed E-state index contributed by atoms with van der Waals surface area (Å²) in [5.74, 6) is -0.00954. The van der Waals surface area contributed by atoms with Crippen LogP contribution in [0.2, 0.25) is 0 Å². The summed E-state index contributed by atoms with van der Waals surface area (Å²) in [7, 11) is 0. The number of aromatic nitrogens is 1. The van der Waals surface area contributed by atoms with Crippen LogP contribution in [0.1, 0.15) is 49.8 Å². The van der Waals surface area contributed by atoms with Crippen LogP contribution in [0, 0.1) is 11.8 Å². The fourth-order valence-corrected chi connectivity index (χ4v) is 7.00. The Kier molecular flexibility index (Phi) is 5.05. The van der Waals surface area contributed by atoms with E-state index in [-0.39, 0.29) is 29.2 Å². The standard InChI is InChI=1S/C26H32N4O3/c31-17-29-14-10-19-18-6-3-4-9-22(18)27-23(19)26(29)11-15-28(16-26)12-5-13-30-24(32)20-7-1-2-8-21(20)25(30)33/h3-4,6,9,17,20-21,27H,1-2,5,7-8,10-16H2. The number of rotatable bonds is 5. The number of likely N-dealkylation sites (tertiary alicyclic amines) is 2. The van der Waals surface area contributed by atoms with E-state index in [9.17, 15) is 14.4 Å². The summed E-state index contributed by atoms with van der Waals surface area (Å²) in [6.07, 6.45) is 7.44. The molecule has 2 aromatic rings. The fourth-order valence-electron chi connectivity index (χ4n) is 7.00. The van der Waals surface area contributed by atoms with Crippen LogP contribution in [0.15, 0.2) is 24.3 Å². The number of amides is 3. The molecule has 3 aliphatic heterocycles. The second-order valence-corrected chi connectivity index (χ2v) is 10.3.